The summed E-state index contributed by atoms with van der Waals surface area (Å²) in [6.07, 6.45) is 5.38. The van der Waals surface area contributed by atoms with Crippen molar-refractivity contribution in [1.82, 2.24) is 0 Å². The standard InChI is InChI=1S/C13H25NO2/c1-4-5-6-12(2,3)7-10-8-13(10,9-14)11(15)16/h10H,4-9,14H2,1-3H3,(H,15,16). The molecule has 1 aliphatic carbocycles. The molecule has 0 aromatic carbocycles. The topological polar surface area (TPSA) is 63.3 Å². The van der Waals surface area contributed by atoms with Crippen molar-refractivity contribution in [1.29, 1.82) is 0 Å². The smallest absolute Gasteiger partial charge is 0.311 e. The molecule has 0 bridgehead atoms. The number of aliphatic carboxylic acids is 1. The average molecular weight is 227 g/mol. The van der Waals surface area contributed by atoms with E-state index in [0.717, 1.165) is 12.8 Å². The van der Waals surface area contributed by atoms with Crippen molar-refractivity contribution in [2.45, 2.75) is 52.9 Å². The molecule has 1 aliphatic rings. The lowest BCUT2D eigenvalue weighted by molar-refractivity contribution is -0.143. The van der Waals surface area contributed by atoms with E-state index in [9.17, 15) is 4.79 Å². The third-order valence-electron chi connectivity index (χ3n) is 4.03. The Morgan fingerprint density at radius 1 is 1.56 bits per heavy atom. The Hall–Kier alpha value is -0.570. The van der Waals surface area contributed by atoms with Crippen LogP contribution in [-0.2, 0) is 4.79 Å². The molecule has 16 heavy (non-hydrogen) atoms. The Kier molecular flexibility index (Phi) is 4.00. The van der Waals surface area contributed by atoms with Crippen molar-refractivity contribution < 1.29 is 9.90 Å². The first kappa shape index (κ1) is 13.5. The molecule has 3 nitrogen and oxygen atoms in total. The van der Waals surface area contributed by atoms with Crippen LogP contribution in [0.15, 0.2) is 0 Å². The molecule has 0 heterocycles. The number of unbranched alkanes of at least 4 members (excludes halogenated alkanes) is 1. The Morgan fingerprint density at radius 3 is 2.56 bits per heavy atom. The first-order chi connectivity index (χ1) is 7.38. The maximum absolute atomic E-state index is 11.1. The predicted octanol–water partition coefficient (Wildman–Crippen LogP) is 2.64. The number of carbonyl (C=O) groups is 1. The first-order valence-corrected chi connectivity index (χ1v) is 6.31. The summed E-state index contributed by atoms with van der Waals surface area (Å²) in [5, 5.41) is 9.17. The van der Waals surface area contributed by atoms with E-state index in [1.165, 1.54) is 19.3 Å². The number of nitrogens with two attached hydrogens (primary N) is 1. The van der Waals surface area contributed by atoms with E-state index in [2.05, 4.69) is 20.8 Å². The number of hydrogen-bond donors (Lipinski definition) is 2. The van der Waals surface area contributed by atoms with E-state index in [1.807, 2.05) is 0 Å². The molecule has 3 heteroatoms. The van der Waals surface area contributed by atoms with Gasteiger partial charge in [0.2, 0.25) is 0 Å². The normalized spacial score (nSPS) is 29.1. The Morgan fingerprint density at radius 2 is 2.19 bits per heavy atom. The lowest BCUT2D eigenvalue weighted by atomic mass is 9.80. The van der Waals surface area contributed by atoms with Crippen molar-refractivity contribution in [2.75, 3.05) is 6.54 Å². The van der Waals surface area contributed by atoms with Crippen molar-refractivity contribution in [3.05, 3.63) is 0 Å². The summed E-state index contributed by atoms with van der Waals surface area (Å²) in [6, 6.07) is 0. The summed E-state index contributed by atoms with van der Waals surface area (Å²) in [7, 11) is 0. The molecule has 0 amide bonds. The highest BCUT2D eigenvalue weighted by molar-refractivity contribution is 5.79. The second-order valence-corrected chi connectivity index (χ2v) is 6.04. The van der Waals surface area contributed by atoms with Gasteiger partial charge in [-0.1, -0.05) is 33.6 Å². The van der Waals surface area contributed by atoms with Gasteiger partial charge in [0, 0.05) is 6.54 Å². The van der Waals surface area contributed by atoms with Crippen molar-refractivity contribution in [3.63, 3.8) is 0 Å². The van der Waals surface area contributed by atoms with Crippen LogP contribution in [0.1, 0.15) is 52.9 Å². The summed E-state index contributed by atoms with van der Waals surface area (Å²) in [4.78, 5) is 11.1. The highest BCUT2D eigenvalue weighted by Gasteiger charge is 2.59. The predicted molar refractivity (Wildman–Crippen MR) is 65.2 cm³/mol. The van der Waals surface area contributed by atoms with Crippen LogP contribution in [0.25, 0.3) is 0 Å². The van der Waals surface area contributed by atoms with Crippen molar-refractivity contribution >= 4 is 5.97 Å². The van der Waals surface area contributed by atoms with Gasteiger partial charge < -0.3 is 10.8 Å². The average Bonchev–Trinajstić information content (AvgIpc) is 2.89. The van der Waals surface area contributed by atoms with E-state index < -0.39 is 11.4 Å². The fourth-order valence-electron chi connectivity index (χ4n) is 2.67. The molecule has 3 N–H and O–H groups in total. The monoisotopic (exact) mass is 227 g/mol. The Labute approximate surface area is 98.4 Å². The minimum atomic E-state index is -0.703. The minimum Gasteiger partial charge on any atom is -0.481 e. The van der Waals surface area contributed by atoms with Crippen LogP contribution in [0.5, 0.6) is 0 Å². The highest BCUT2D eigenvalue weighted by atomic mass is 16.4. The van der Waals surface area contributed by atoms with Crippen LogP contribution in [0.4, 0.5) is 0 Å². The molecule has 0 radical (unpaired) electrons. The van der Waals surface area contributed by atoms with Crippen LogP contribution < -0.4 is 5.73 Å². The molecule has 94 valence electrons. The zero-order valence-corrected chi connectivity index (χ0v) is 10.8. The molecule has 1 saturated carbocycles. The molecular formula is C13H25NO2. The fourth-order valence-corrected chi connectivity index (χ4v) is 2.67. The third-order valence-corrected chi connectivity index (χ3v) is 4.03. The summed E-state index contributed by atoms with van der Waals surface area (Å²) in [5.74, 6) is -0.409. The van der Waals surface area contributed by atoms with Gasteiger partial charge in [0.05, 0.1) is 5.41 Å². The quantitative estimate of drug-likeness (QED) is 0.702. The van der Waals surface area contributed by atoms with Gasteiger partial charge in [-0.15, -0.1) is 0 Å². The van der Waals surface area contributed by atoms with Gasteiger partial charge in [-0.2, -0.15) is 0 Å². The van der Waals surface area contributed by atoms with Gasteiger partial charge in [0.25, 0.3) is 0 Å². The van der Waals surface area contributed by atoms with Crippen LogP contribution in [0, 0.1) is 16.7 Å². The van der Waals surface area contributed by atoms with Crippen LogP contribution in [-0.4, -0.2) is 17.6 Å². The summed E-state index contributed by atoms with van der Waals surface area (Å²) in [6.45, 7) is 6.96. The van der Waals surface area contributed by atoms with Crippen LogP contribution in [0.3, 0.4) is 0 Å². The Bertz CT molecular complexity index is 263. The van der Waals surface area contributed by atoms with E-state index in [-0.39, 0.29) is 12.0 Å². The molecule has 0 aromatic heterocycles. The number of carboxylic acid groups (broad SMARTS) is 1. The Balaban J connectivity index is 2.48. The minimum absolute atomic E-state index is 0.257. The van der Waals surface area contributed by atoms with Gasteiger partial charge >= 0.3 is 5.97 Å². The molecule has 0 aliphatic heterocycles. The van der Waals surface area contributed by atoms with Crippen molar-refractivity contribution in [2.24, 2.45) is 22.5 Å². The first-order valence-electron chi connectivity index (χ1n) is 6.31. The molecule has 0 saturated heterocycles. The zero-order chi connectivity index (χ0) is 12.4. The SMILES string of the molecule is CCCCC(C)(C)CC1CC1(CN)C(=O)O. The molecule has 0 spiro atoms. The summed E-state index contributed by atoms with van der Waals surface area (Å²) < 4.78 is 0. The molecular weight excluding hydrogens is 202 g/mol. The molecule has 2 unspecified atom stereocenters. The third kappa shape index (κ3) is 2.76. The lowest BCUT2D eigenvalue weighted by Gasteiger charge is -2.25. The van der Waals surface area contributed by atoms with E-state index >= 15 is 0 Å². The molecule has 0 aromatic rings. The van der Waals surface area contributed by atoms with Gasteiger partial charge in [0.15, 0.2) is 0 Å². The zero-order valence-electron chi connectivity index (χ0n) is 10.8. The van der Waals surface area contributed by atoms with Gasteiger partial charge in [-0.25, -0.2) is 0 Å². The fraction of sp³-hybridized carbons (Fsp3) is 0.923. The molecule has 1 rings (SSSR count). The highest BCUT2D eigenvalue weighted by Crippen LogP contribution is 2.57. The largest absolute Gasteiger partial charge is 0.481 e. The number of carboxylic acids is 1. The van der Waals surface area contributed by atoms with E-state index in [1.54, 1.807) is 0 Å². The molecule has 2 atom stereocenters. The number of rotatable bonds is 7. The van der Waals surface area contributed by atoms with E-state index in [4.69, 9.17) is 10.8 Å². The van der Waals surface area contributed by atoms with Gasteiger partial charge in [-0.3, -0.25) is 4.79 Å². The van der Waals surface area contributed by atoms with Gasteiger partial charge in [-0.05, 0) is 30.6 Å². The van der Waals surface area contributed by atoms with Crippen molar-refractivity contribution in [3.8, 4) is 0 Å². The van der Waals surface area contributed by atoms with Gasteiger partial charge in [0.1, 0.15) is 0 Å². The lowest BCUT2D eigenvalue weighted by Crippen LogP contribution is -2.28. The van der Waals surface area contributed by atoms with Crippen LogP contribution in [0.2, 0.25) is 0 Å². The van der Waals surface area contributed by atoms with Crippen LogP contribution >= 0.6 is 0 Å². The summed E-state index contributed by atoms with van der Waals surface area (Å²) in [5.41, 5.74) is 5.26. The second kappa shape index (κ2) is 4.74. The van der Waals surface area contributed by atoms with E-state index in [0.29, 0.717) is 5.92 Å². The molecule has 1 fully saturated rings. The maximum atomic E-state index is 11.1. The summed E-state index contributed by atoms with van der Waals surface area (Å²) >= 11 is 0. The maximum Gasteiger partial charge on any atom is 0.311 e. The second-order valence-electron chi connectivity index (χ2n) is 6.04. The number of hydrogen-bond acceptors (Lipinski definition) is 2.